The fraction of sp³-hybridized carbons (Fsp3) is 0.500. The molecule has 0 aliphatic heterocycles. The highest BCUT2D eigenvalue weighted by Gasteiger charge is 2.14. The minimum Gasteiger partial charge on any atom is -0.0836 e. The van der Waals surface area contributed by atoms with Crippen molar-refractivity contribution in [1.82, 2.24) is 0 Å². The average molecular weight is 187 g/mol. The molecular formula is C8H11Br. The van der Waals surface area contributed by atoms with Crippen LogP contribution in [-0.2, 0) is 0 Å². The summed E-state index contributed by atoms with van der Waals surface area (Å²) in [6.45, 7) is 4.37. The smallest absolute Gasteiger partial charge is 0.0415 e. The van der Waals surface area contributed by atoms with Gasteiger partial charge in [-0.05, 0) is 12.8 Å². The van der Waals surface area contributed by atoms with Crippen molar-refractivity contribution in [1.29, 1.82) is 0 Å². The molecule has 1 aliphatic carbocycles. The van der Waals surface area contributed by atoms with Crippen LogP contribution in [0.2, 0.25) is 0 Å². The van der Waals surface area contributed by atoms with Crippen LogP contribution < -0.4 is 0 Å². The summed E-state index contributed by atoms with van der Waals surface area (Å²) in [5, 5.41) is 0. The SMILES string of the molecule is CC1=CC=CC(C)C1Br. The minimum atomic E-state index is 0.558. The molecule has 0 aromatic carbocycles. The second-order valence-electron chi connectivity index (χ2n) is 2.56. The Hall–Kier alpha value is -0.0400. The molecular weight excluding hydrogens is 176 g/mol. The van der Waals surface area contributed by atoms with Crippen molar-refractivity contribution < 1.29 is 0 Å². The Kier molecular flexibility index (Phi) is 2.12. The van der Waals surface area contributed by atoms with Crippen LogP contribution in [-0.4, -0.2) is 4.83 Å². The van der Waals surface area contributed by atoms with E-state index >= 15 is 0 Å². The van der Waals surface area contributed by atoms with Gasteiger partial charge in [0, 0.05) is 4.83 Å². The van der Waals surface area contributed by atoms with Crippen LogP contribution in [0.15, 0.2) is 23.8 Å². The predicted molar refractivity (Wildman–Crippen MR) is 44.8 cm³/mol. The first-order valence-electron chi connectivity index (χ1n) is 3.21. The molecule has 0 nitrogen and oxygen atoms in total. The number of hydrogen-bond acceptors (Lipinski definition) is 0. The van der Waals surface area contributed by atoms with Gasteiger partial charge in [-0.1, -0.05) is 46.7 Å². The highest BCUT2D eigenvalue weighted by Crippen LogP contribution is 2.25. The average Bonchev–Trinajstić information content (AvgIpc) is 1.83. The summed E-state index contributed by atoms with van der Waals surface area (Å²) in [6.07, 6.45) is 6.49. The molecule has 2 atom stereocenters. The van der Waals surface area contributed by atoms with Crippen LogP contribution in [0, 0.1) is 5.92 Å². The molecule has 0 fully saturated rings. The lowest BCUT2D eigenvalue weighted by molar-refractivity contribution is 0.734. The zero-order chi connectivity index (χ0) is 6.85. The third kappa shape index (κ3) is 1.45. The lowest BCUT2D eigenvalue weighted by Crippen LogP contribution is -2.11. The minimum absolute atomic E-state index is 0.558. The fourth-order valence-electron chi connectivity index (χ4n) is 0.987. The van der Waals surface area contributed by atoms with Crippen molar-refractivity contribution in [2.75, 3.05) is 0 Å². The van der Waals surface area contributed by atoms with Crippen LogP contribution in [0.1, 0.15) is 13.8 Å². The Morgan fingerprint density at radius 1 is 1.56 bits per heavy atom. The molecule has 0 bridgehead atoms. The first-order valence-corrected chi connectivity index (χ1v) is 4.12. The van der Waals surface area contributed by atoms with E-state index in [0.29, 0.717) is 10.7 Å². The molecule has 50 valence electrons. The zero-order valence-electron chi connectivity index (χ0n) is 5.76. The van der Waals surface area contributed by atoms with Gasteiger partial charge >= 0.3 is 0 Å². The van der Waals surface area contributed by atoms with E-state index in [4.69, 9.17) is 0 Å². The van der Waals surface area contributed by atoms with Gasteiger partial charge in [0.05, 0.1) is 0 Å². The van der Waals surface area contributed by atoms with Gasteiger partial charge in [0.1, 0.15) is 0 Å². The van der Waals surface area contributed by atoms with Crippen molar-refractivity contribution in [2.45, 2.75) is 18.7 Å². The van der Waals surface area contributed by atoms with Crippen molar-refractivity contribution in [3.63, 3.8) is 0 Å². The normalized spacial score (nSPS) is 34.3. The molecule has 0 spiro atoms. The molecule has 0 amide bonds. The zero-order valence-corrected chi connectivity index (χ0v) is 7.35. The van der Waals surface area contributed by atoms with Gasteiger partial charge in [0.25, 0.3) is 0 Å². The highest BCUT2D eigenvalue weighted by molar-refractivity contribution is 9.09. The van der Waals surface area contributed by atoms with Crippen LogP contribution in [0.5, 0.6) is 0 Å². The van der Waals surface area contributed by atoms with Crippen molar-refractivity contribution in [2.24, 2.45) is 5.92 Å². The molecule has 0 N–H and O–H groups in total. The first kappa shape index (κ1) is 7.07. The largest absolute Gasteiger partial charge is 0.0836 e. The molecule has 0 saturated carbocycles. The van der Waals surface area contributed by atoms with Gasteiger partial charge < -0.3 is 0 Å². The monoisotopic (exact) mass is 186 g/mol. The topological polar surface area (TPSA) is 0 Å². The van der Waals surface area contributed by atoms with E-state index in [1.807, 2.05) is 0 Å². The molecule has 0 heterocycles. The van der Waals surface area contributed by atoms with Crippen LogP contribution in [0.3, 0.4) is 0 Å². The molecule has 0 radical (unpaired) electrons. The predicted octanol–water partition coefficient (Wildman–Crippen LogP) is 2.90. The molecule has 9 heavy (non-hydrogen) atoms. The summed E-state index contributed by atoms with van der Waals surface area (Å²) in [5.74, 6) is 0.648. The number of alkyl halides is 1. The van der Waals surface area contributed by atoms with Crippen LogP contribution in [0.4, 0.5) is 0 Å². The quantitative estimate of drug-likeness (QED) is 0.511. The molecule has 1 rings (SSSR count). The summed E-state index contributed by atoms with van der Waals surface area (Å²) in [7, 11) is 0. The number of halogens is 1. The van der Waals surface area contributed by atoms with E-state index in [-0.39, 0.29) is 0 Å². The summed E-state index contributed by atoms with van der Waals surface area (Å²) in [5.41, 5.74) is 1.42. The lowest BCUT2D eigenvalue weighted by Gasteiger charge is -2.18. The van der Waals surface area contributed by atoms with E-state index in [0.717, 1.165) is 0 Å². The van der Waals surface area contributed by atoms with Crippen molar-refractivity contribution >= 4 is 15.9 Å². The van der Waals surface area contributed by atoms with E-state index in [2.05, 4.69) is 48.0 Å². The summed E-state index contributed by atoms with van der Waals surface area (Å²) < 4.78 is 0. The summed E-state index contributed by atoms with van der Waals surface area (Å²) >= 11 is 3.60. The lowest BCUT2D eigenvalue weighted by atomic mass is 9.97. The number of rotatable bonds is 0. The Morgan fingerprint density at radius 2 is 2.22 bits per heavy atom. The maximum absolute atomic E-state index is 3.60. The molecule has 1 heteroatoms. The van der Waals surface area contributed by atoms with Gasteiger partial charge in [0.2, 0.25) is 0 Å². The Morgan fingerprint density at radius 3 is 2.67 bits per heavy atom. The van der Waals surface area contributed by atoms with E-state index in [9.17, 15) is 0 Å². The van der Waals surface area contributed by atoms with E-state index in [1.165, 1.54) is 5.57 Å². The fourth-order valence-corrected chi connectivity index (χ4v) is 1.32. The van der Waals surface area contributed by atoms with Crippen LogP contribution in [0.25, 0.3) is 0 Å². The first-order chi connectivity index (χ1) is 4.22. The third-order valence-electron chi connectivity index (χ3n) is 1.67. The van der Waals surface area contributed by atoms with E-state index < -0.39 is 0 Å². The second kappa shape index (κ2) is 2.70. The number of hydrogen-bond donors (Lipinski definition) is 0. The van der Waals surface area contributed by atoms with Gasteiger partial charge in [0.15, 0.2) is 0 Å². The summed E-state index contributed by atoms with van der Waals surface area (Å²) in [6, 6.07) is 0. The summed E-state index contributed by atoms with van der Waals surface area (Å²) in [4.78, 5) is 0.558. The maximum Gasteiger partial charge on any atom is 0.0415 e. The Bertz CT molecular complexity index is 156. The van der Waals surface area contributed by atoms with Crippen LogP contribution >= 0.6 is 15.9 Å². The molecule has 0 saturated heterocycles. The standard InChI is InChI=1S/C8H11Br/c1-6-4-3-5-7(2)8(6)9/h3-6,8H,1-2H3. The third-order valence-corrected chi connectivity index (χ3v) is 3.23. The maximum atomic E-state index is 3.60. The van der Waals surface area contributed by atoms with Gasteiger partial charge in [-0.3, -0.25) is 0 Å². The van der Waals surface area contributed by atoms with Gasteiger partial charge in [-0.2, -0.15) is 0 Å². The molecule has 0 aromatic heterocycles. The molecule has 0 aromatic rings. The molecule has 1 aliphatic rings. The highest BCUT2D eigenvalue weighted by atomic mass is 79.9. The van der Waals surface area contributed by atoms with Gasteiger partial charge in [-0.25, -0.2) is 0 Å². The Labute approximate surface area is 64.8 Å². The second-order valence-corrected chi connectivity index (χ2v) is 3.54. The Balaban J connectivity index is 2.73. The van der Waals surface area contributed by atoms with Crippen molar-refractivity contribution in [3.8, 4) is 0 Å². The molecule has 2 unspecified atom stereocenters. The van der Waals surface area contributed by atoms with Gasteiger partial charge in [-0.15, -0.1) is 0 Å². The van der Waals surface area contributed by atoms with Crippen molar-refractivity contribution in [3.05, 3.63) is 23.8 Å². The van der Waals surface area contributed by atoms with E-state index in [1.54, 1.807) is 0 Å². The number of allylic oxidation sites excluding steroid dienone is 4.